The molecular weight excluding hydrogens is 269 g/mol. The molecular formula is C14H19F3N2O. The Morgan fingerprint density at radius 2 is 2.00 bits per heavy atom. The zero-order valence-corrected chi connectivity index (χ0v) is 11.8. The minimum atomic E-state index is -4.50. The number of anilines is 1. The highest BCUT2D eigenvalue weighted by Gasteiger charge is 2.34. The van der Waals surface area contributed by atoms with Crippen LogP contribution in [-0.4, -0.2) is 19.0 Å². The van der Waals surface area contributed by atoms with Crippen molar-refractivity contribution in [2.75, 3.05) is 12.4 Å². The van der Waals surface area contributed by atoms with E-state index in [9.17, 15) is 18.0 Å². The largest absolute Gasteiger partial charge is 0.418 e. The Morgan fingerprint density at radius 1 is 1.35 bits per heavy atom. The van der Waals surface area contributed by atoms with Gasteiger partial charge in [-0.25, -0.2) is 0 Å². The van der Waals surface area contributed by atoms with E-state index in [1.165, 1.54) is 19.2 Å². The average molecular weight is 288 g/mol. The number of rotatable bonds is 5. The molecule has 0 heterocycles. The van der Waals surface area contributed by atoms with Crippen LogP contribution in [0.15, 0.2) is 18.2 Å². The highest BCUT2D eigenvalue weighted by Crippen LogP contribution is 2.35. The predicted molar refractivity (Wildman–Crippen MR) is 72.8 cm³/mol. The Hall–Kier alpha value is -1.72. The fourth-order valence-electron chi connectivity index (χ4n) is 1.95. The molecule has 1 aromatic rings. The lowest BCUT2D eigenvalue weighted by Gasteiger charge is -2.16. The minimum Gasteiger partial charge on any atom is -0.388 e. The number of halogens is 3. The van der Waals surface area contributed by atoms with E-state index in [2.05, 4.69) is 10.6 Å². The van der Waals surface area contributed by atoms with Crippen molar-refractivity contribution in [3.8, 4) is 0 Å². The van der Waals surface area contributed by atoms with E-state index < -0.39 is 17.6 Å². The molecule has 1 rings (SSSR count). The van der Waals surface area contributed by atoms with Crippen molar-refractivity contribution in [2.24, 2.45) is 0 Å². The number of alkyl halides is 3. The molecule has 0 saturated carbocycles. The zero-order chi connectivity index (χ0) is 15.3. The van der Waals surface area contributed by atoms with E-state index in [0.717, 1.165) is 18.9 Å². The van der Waals surface area contributed by atoms with Crippen LogP contribution in [0, 0.1) is 0 Å². The van der Waals surface area contributed by atoms with Gasteiger partial charge in [0.15, 0.2) is 0 Å². The molecule has 0 aliphatic carbocycles. The van der Waals surface area contributed by atoms with E-state index >= 15 is 0 Å². The maximum Gasteiger partial charge on any atom is 0.418 e. The van der Waals surface area contributed by atoms with Crippen molar-refractivity contribution >= 4 is 11.6 Å². The molecule has 0 fully saturated rings. The lowest BCUT2D eigenvalue weighted by Crippen LogP contribution is -2.32. The van der Waals surface area contributed by atoms with Crippen LogP contribution in [0.25, 0.3) is 0 Å². The molecule has 0 spiro atoms. The first-order valence-electron chi connectivity index (χ1n) is 6.49. The Balaban J connectivity index is 3.00. The third kappa shape index (κ3) is 4.15. The van der Waals surface area contributed by atoms with Crippen LogP contribution < -0.4 is 10.6 Å². The van der Waals surface area contributed by atoms with Crippen molar-refractivity contribution in [3.63, 3.8) is 0 Å². The normalized spacial score (nSPS) is 12.9. The fourth-order valence-corrected chi connectivity index (χ4v) is 1.95. The topological polar surface area (TPSA) is 41.1 Å². The van der Waals surface area contributed by atoms with Crippen LogP contribution >= 0.6 is 0 Å². The highest BCUT2D eigenvalue weighted by molar-refractivity contribution is 5.95. The molecule has 2 N–H and O–H groups in total. The second-order valence-corrected chi connectivity index (χ2v) is 4.67. The molecule has 0 saturated heterocycles. The van der Waals surface area contributed by atoms with Crippen molar-refractivity contribution in [1.82, 2.24) is 5.32 Å². The monoisotopic (exact) mass is 288 g/mol. The van der Waals surface area contributed by atoms with E-state index in [1.54, 1.807) is 0 Å². The zero-order valence-electron chi connectivity index (χ0n) is 11.8. The van der Waals surface area contributed by atoms with Crippen LogP contribution in [-0.2, 0) is 6.18 Å². The van der Waals surface area contributed by atoms with Gasteiger partial charge in [0.05, 0.1) is 5.56 Å². The second kappa shape index (κ2) is 6.63. The standard InChI is InChI=1S/C14H19F3N2O/c1-4-5-9(2)19-13(20)10-6-7-12(18-3)11(8-10)14(15,16)17/h6-9,18H,4-5H2,1-3H3,(H,19,20). The highest BCUT2D eigenvalue weighted by atomic mass is 19.4. The summed E-state index contributed by atoms with van der Waals surface area (Å²) in [6.45, 7) is 3.81. The summed E-state index contributed by atoms with van der Waals surface area (Å²) in [6, 6.07) is 3.46. The van der Waals surface area contributed by atoms with E-state index in [0.29, 0.717) is 0 Å². The number of carbonyl (C=O) groups excluding carboxylic acids is 1. The molecule has 0 aliphatic heterocycles. The summed E-state index contributed by atoms with van der Waals surface area (Å²) in [5.41, 5.74) is -0.870. The molecule has 0 bridgehead atoms. The number of hydrogen-bond acceptors (Lipinski definition) is 2. The lowest BCUT2D eigenvalue weighted by atomic mass is 10.1. The SMILES string of the molecule is CCCC(C)NC(=O)c1ccc(NC)c(C(F)(F)F)c1. The molecule has 1 unspecified atom stereocenters. The molecule has 1 aromatic carbocycles. The number of hydrogen-bond donors (Lipinski definition) is 2. The van der Waals surface area contributed by atoms with Gasteiger partial charge in [0.1, 0.15) is 0 Å². The summed E-state index contributed by atoms with van der Waals surface area (Å²) in [4.78, 5) is 11.9. The van der Waals surface area contributed by atoms with Gasteiger partial charge in [-0.1, -0.05) is 13.3 Å². The average Bonchev–Trinajstić information content (AvgIpc) is 2.37. The first kappa shape index (κ1) is 16.3. The molecule has 112 valence electrons. The molecule has 6 heteroatoms. The smallest absolute Gasteiger partial charge is 0.388 e. The van der Waals surface area contributed by atoms with Crippen molar-refractivity contribution in [2.45, 2.75) is 38.9 Å². The summed E-state index contributed by atoms with van der Waals surface area (Å²) < 4.78 is 38.7. The maximum atomic E-state index is 12.9. The summed E-state index contributed by atoms with van der Waals surface area (Å²) in [5, 5.41) is 5.16. The van der Waals surface area contributed by atoms with E-state index in [4.69, 9.17) is 0 Å². The second-order valence-electron chi connectivity index (χ2n) is 4.67. The number of benzene rings is 1. The molecule has 0 aliphatic rings. The Kier molecular flexibility index (Phi) is 5.42. The number of nitrogens with one attached hydrogen (secondary N) is 2. The molecule has 1 amide bonds. The number of amides is 1. The van der Waals surface area contributed by atoms with Gasteiger partial charge in [-0.15, -0.1) is 0 Å². The molecule has 3 nitrogen and oxygen atoms in total. The summed E-state index contributed by atoms with van der Waals surface area (Å²) in [6.07, 6.45) is -2.82. The van der Waals surface area contributed by atoms with Crippen LogP contribution in [0.4, 0.5) is 18.9 Å². The fraction of sp³-hybridized carbons (Fsp3) is 0.500. The van der Waals surface area contributed by atoms with Crippen molar-refractivity contribution < 1.29 is 18.0 Å². The first-order chi connectivity index (χ1) is 9.29. The molecule has 20 heavy (non-hydrogen) atoms. The van der Waals surface area contributed by atoms with Gasteiger partial charge in [0.2, 0.25) is 0 Å². The van der Waals surface area contributed by atoms with E-state index in [1.807, 2.05) is 13.8 Å². The Bertz CT molecular complexity index is 472. The van der Waals surface area contributed by atoms with Crippen LogP contribution in [0.5, 0.6) is 0 Å². The van der Waals surface area contributed by atoms with Gasteiger partial charge in [-0.2, -0.15) is 13.2 Å². The van der Waals surface area contributed by atoms with Crippen molar-refractivity contribution in [1.29, 1.82) is 0 Å². The third-order valence-corrected chi connectivity index (χ3v) is 2.96. The van der Waals surface area contributed by atoms with Gasteiger partial charge >= 0.3 is 6.18 Å². The first-order valence-corrected chi connectivity index (χ1v) is 6.49. The molecule has 1 atom stereocenters. The van der Waals surface area contributed by atoms with Gasteiger partial charge in [0, 0.05) is 24.3 Å². The Labute approximate surface area is 116 Å². The van der Waals surface area contributed by atoms with Gasteiger partial charge in [-0.05, 0) is 31.5 Å². The van der Waals surface area contributed by atoms with Gasteiger partial charge in [0.25, 0.3) is 5.91 Å². The van der Waals surface area contributed by atoms with Crippen LogP contribution in [0.2, 0.25) is 0 Å². The van der Waals surface area contributed by atoms with Crippen LogP contribution in [0.3, 0.4) is 0 Å². The number of carbonyl (C=O) groups is 1. The minimum absolute atomic E-state index is 0.0132. The van der Waals surface area contributed by atoms with E-state index in [-0.39, 0.29) is 17.3 Å². The lowest BCUT2D eigenvalue weighted by molar-refractivity contribution is -0.136. The van der Waals surface area contributed by atoms with Crippen molar-refractivity contribution in [3.05, 3.63) is 29.3 Å². The maximum absolute atomic E-state index is 12.9. The quantitative estimate of drug-likeness (QED) is 0.868. The summed E-state index contributed by atoms with van der Waals surface area (Å²) >= 11 is 0. The summed E-state index contributed by atoms with van der Waals surface area (Å²) in [5.74, 6) is -0.487. The summed E-state index contributed by atoms with van der Waals surface area (Å²) in [7, 11) is 1.41. The van der Waals surface area contributed by atoms with Gasteiger partial charge < -0.3 is 10.6 Å². The Morgan fingerprint density at radius 3 is 2.50 bits per heavy atom. The molecule has 0 aromatic heterocycles. The van der Waals surface area contributed by atoms with Gasteiger partial charge in [-0.3, -0.25) is 4.79 Å². The predicted octanol–water partition coefficient (Wildman–Crippen LogP) is 3.67. The van der Waals surface area contributed by atoms with Crippen LogP contribution in [0.1, 0.15) is 42.6 Å². The molecule has 0 radical (unpaired) electrons. The third-order valence-electron chi connectivity index (χ3n) is 2.96.